The summed E-state index contributed by atoms with van der Waals surface area (Å²) in [6.07, 6.45) is 0. The van der Waals surface area contributed by atoms with Crippen molar-refractivity contribution in [2.24, 2.45) is 10.9 Å². The van der Waals surface area contributed by atoms with E-state index in [2.05, 4.69) is 10.1 Å². The third-order valence-electron chi connectivity index (χ3n) is 2.83. The number of halogens is 1. The number of amidine groups is 1. The molecule has 0 aromatic heterocycles. The number of nitrogens with zero attached hydrogens (tertiary/aromatic N) is 3. The zero-order chi connectivity index (χ0) is 14.4. The van der Waals surface area contributed by atoms with Crippen molar-refractivity contribution >= 4 is 5.84 Å². The highest BCUT2D eigenvalue weighted by molar-refractivity contribution is 5.97. The fourth-order valence-corrected chi connectivity index (χ4v) is 1.63. The molecular weight excluding hydrogens is 247 g/mol. The lowest BCUT2D eigenvalue weighted by Gasteiger charge is -2.19. The van der Waals surface area contributed by atoms with E-state index in [0.717, 1.165) is 13.1 Å². The number of hydrogen-bond acceptors (Lipinski definition) is 4. The van der Waals surface area contributed by atoms with Crippen molar-refractivity contribution in [1.82, 2.24) is 9.80 Å². The minimum absolute atomic E-state index is 0.0913. The predicted molar refractivity (Wildman–Crippen MR) is 73.8 cm³/mol. The summed E-state index contributed by atoms with van der Waals surface area (Å²) in [7, 11) is 5.95. The molecule has 0 spiro atoms. The maximum atomic E-state index is 13.9. The average Bonchev–Trinajstić information content (AvgIpc) is 2.37. The summed E-state index contributed by atoms with van der Waals surface area (Å²) in [6, 6.07) is 4.59. The average molecular weight is 268 g/mol. The molecule has 0 amide bonds. The van der Waals surface area contributed by atoms with E-state index >= 15 is 0 Å². The molecule has 1 aromatic carbocycles. The molecule has 0 atom stereocenters. The van der Waals surface area contributed by atoms with E-state index in [1.165, 1.54) is 6.07 Å². The van der Waals surface area contributed by atoms with E-state index in [4.69, 9.17) is 10.9 Å². The second-order valence-corrected chi connectivity index (χ2v) is 4.83. The molecule has 19 heavy (non-hydrogen) atoms. The standard InChI is InChI=1S/C13H21FN4O/c1-17(2)6-7-18(3)9-11-5-4-10(8-12(11)14)13(15)16-19/h4-5,8,19H,6-7,9H2,1-3H3,(H2,15,16). The minimum atomic E-state index is -0.346. The molecule has 0 bridgehead atoms. The molecule has 0 fully saturated rings. The van der Waals surface area contributed by atoms with Crippen molar-refractivity contribution in [3.05, 3.63) is 35.1 Å². The van der Waals surface area contributed by atoms with Crippen LogP contribution >= 0.6 is 0 Å². The molecule has 106 valence electrons. The van der Waals surface area contributed by atoms with E-state index < -0.39 is 0 Å². The van der Waals surface area contributed by atoms with Crippen molar-refractivity contribution in [2.45, 2.75) is 6.54 Å². The van der Waals surface area contributed by atoms with E-state index in [1.54, 1.807) is 12.1 Å². The van der Waals surface area contributed by atoms with E-state index in [9.17, 15) is 4.39 Å². The summed E-state index contributed by atoms with van der Waals surface area (Å²) in [4.78, 5) is 4.12. The van der Waals surface area contributed by atoms with E-state index in [0.29, 0.717) is 17.7 Å². The lowest BCUT2D eigenvalue weighted by Crippen LogP contribution is -2.28. The van der Waals surface area contributed by atoms with Crippen molar-refractivity contribution < 1.29 is 9.60 Å². The molecule has 1 aromatic rings. The van der Waals surface area contributed by atoms with Gasteiger partial charge in [0.1, 0.15) is 5.82 Å². The topological polar surface area (TPSA) is 65.1 Å². The quantitative estimate of drug-likeness (QED) is 0.348. The molecule has 0 aliphatic heterocycles. The van der Waals surface area contributed by atoms with Gasteiger partial charge in [0.25, 0.3) is 0 Å². The molecule has 1 rings (SSSR count). The number of benzene rings is 1. The Morgan fingerprint density at radius 3 is 2.53 bits per heavy atom. The molecule has 0 heterocycles. The van der Waals surface area contributed by atoms with Crippen LogP contribution in [0.4, 0.5) is 4.39 Å². The molecule has 5 nitrogen and oxygen atoms in total. The molecule has 0 saturated carbocycles. The molecule has 6 heteroatoms. The summed E-state index contributed by atoms with van der Waals surface area (Å²) in [6.45, 7) is 2.30. The second-order valence-electron chi connectivity index (χ2n) is 4.83. The SMILES string of the molecule is CN(C)CCN(C)Cc1ccc(C(N)=NO)cc1F. The van der Waals surface area contributed by atoms with Crippen LogP contribution < -0.4 is 5.73 Å². The smallest absolute Gasteiger partial charge is 0.170 e. The zero-order valence-corrected chi connectivity index (χ0v) is 11.6. The van der Waals surface area contributed by atoms with Crippen LogP contribution in [0.15, 0.2) is 23.4 Å². The van der Waals surface area contributed by atoms with Gasteiger partial charge in [-0.1, -0.05) is 17.3 Å². The van der Waals surface area contributed by atoms with Gasteiger partial charge in [-0.25, -0.2) is 4.39 Å². The molecule has 3 N–H and O–H groups in total. The Bertz CT molecular complexity index is 448. The van der Waals surface area contributed by atoms with Gasteiger partial charge in [0.05, 0.1) is 0 Å². The Morgan fingerprint density at radius 2 is 2.00 bits per heavy atom. The highest BCUT2D eigenvalue weighted by Crippen LogP contribution is 2.12. The summed E-state index contributed by atoms with van der Waals surface area (Å²) < 4.78 is 13.9. The molecule has 0 aliphatic carbocycles. The Kier molecular flexibility index (Phi) is 5.72. The predicted octanol–water partition coefficient (Wildman–Crippen LogP) is 0.914. The van der Waals surface area contributed by atoms with Crippen LogP contribution in [-0.2, 0) is 6.54 Å². The van der Waals surface area contributed by atoms with Gasteiger partial charge in [-0.2, -0.15) is 0 Å². The first-order valence-corrected chi connectivity index (χ1v) is 6.03. The number of hydrogen-bond donors (Lipinski definition) is 2. The number of likely N-dealkylation sites (N-methyl/N-ethyl adjacent to an activating group) is 2. The maximum absolute atomic E-state index is 13.9. The van der Waals surface area contributed by atoms with Crippen molar-refractivity contribution in [3.63, 3.8) is 0 Å². The van der Waals surface area contributed by atoms with Crippen LogP contribution in [-0.4, -0.2) is 55.1 Å². The third-order valence-corrected chi connectivity index (χ3v) is 2.83. The van der Waals surface area contributed by atoms with Crippen LogP contribution in [0, 0.1) is 5.82 Å². The Labute approximate surface area is 113 Å². The van der Waals surface area contributed by atoms with Gasteiger partial charge >= 0.3 is 0 Å². The van der Waals surface area contributed by atoms with Gasteiger partial charge in [0.2, 0.25) is 0 Å². The van der Waals surface area contributed by atoms with Gasteiger partial charge < -0.3 is 20.7 Å². The fourth-order valence-electron chi connectivity index (χ4n) is 1.63. The van der Waals surface area contributed by atoms with E-state index in [-0.39, 0.29) is 11.7 Å². The molecule has 0 aliphatic rings. The van der Waals surface area contributed by atoms with Crippen molar-refractivity contribution in [1.29, 1.82) is 0 Å². The lowest BCUT2D eigenvalue weighted by molar-refractivity contribution is 0.273. The first-order valence-electron chi connectivity index (χ1n) is 6.03. The first-order chi connectivity index (χ1) is 8.93. The molecule has 0 unspecified atom stereocenters. The maximum Gasteiger partial charge on any atom is 0.170 e. The van der Waals surface area contributed by atoms with Crippen LogP contribution in [0.3, 0.4) is 0 Å². The van der Waals surface area contributed by atoms with Gasteiger partial charge in [0.15, 0.2) is 5.84 Å². The molecule has 0 radical (unpaired) electrons. The number of oxime groups is 1. The van der Waals surface area contributed by atoms with Crippen LogP contribution in [0.2, 0.25) is 0 Å². The van der Waals surface area contributed by atoms with Gasteiger partial charge in [0, 0.05) is 30.8 Å². The first kappa shape index (κ1) is 15.4. The highest BCUT2D eigenvalue weighted by Gasteiger charge is 2.09. The monoisotopic (exact) mass is 268 g/mol. The zero-order valence-electron chi connectivity index (χ0n) is 11.6. The molecule has 0 saturated heterocycles. The van der Waals surface area contributed by atoms with Crippen molar-refractivity contribution in [3.8, 4) is 0 Å². The normalized spacial score (nSPS) is 12.4. The van der Waals surface area contributed by atoms with Gasteiger partial charge in [-0.3, -0.25) is 0 Å². The summed E-state index contributed by atoms with van der Waals surface area (Å²) in [5.74, 6) is -0.438. The van der Waals surface area contributed by atoms with Crippen LogP contribution in [0.25, 0.3) is 0 Å². The largest absolute Gasteiger partial charge is 0.409 e. The van der Waals surface area contributed by atoms with Gasteiger partial charge in [-0.15, -0.1) is 0 Å². The van der Waals surface area contributed by atoms with Crippen LogP contribution in [0.1, 0.15) is 11.1 Å². The van der Waals surface area contributed by atoms with E-state index in [1.807, 2.05) is 26.0 Å². The van der Waals surface area contributed by atoms with Crippen LogP contribution in [0.5, 0.6) is 0 Å². The Morgan fingerprint density at radius 1 is 1.32 bits per heavy atom. The second kappa shape index (κ2) is 7.06. The summed E-state index contributed by atoms with van der Waals surface area (Å²) in [5, 5.41) is 11.4. The van der Waals surface area contributed by atoms with Gasteiger partial charge in [-0.05, 0) is 27.2 Å². The lowest BCUT2D eigenvalue weighted by atomic mass is 10.1. The number of rotatable bonds is 6. The Hall–Kier alpha value is -1.66. The Balaban J connectivity index is 2.69. The van der Waals surface area contributed by atoms with Crippen molar-refractivity contribution in [2.75, 3.05) is 34.2 Å². The fraction of sp³-hybridized carbons (Fsp3) is 0.462. The highest BCUT2D eigenvalue weighted by atomic mass is 19.1. The molecular formula is C13H21FN4O. The number of nitrogens with two attached hydrogens (primary N) is 1. The summed E-state index contributed by atoms with van der Waals surface area (Å²) >= 11 is 0. The third kappa shape index (κ3) is 4.84. The minimum Gasteiger partial charge on any atom is -0.409 e. The summed E-state index contributed by atoms with van der Waals surface area (Å²) in [5.41, 5.74) is 6.38.